The smallest absolute Gasteiger partial charge is 0.143 e. The molecule has 0 spiro atoms. The highest BCUT2D eigenvalue weighted by atomic mass is 16.1. The van der Waals surface area contributed by atoms with Crippen molar-refractivity contribution in [1.82, 2.24) is 9.55 Å². The molecule has 1 aromatic heterocycles. The minimum Gasteiger partial charge on any atom is -0.337 e. The predicted octanol–water partition coefficient (Wildman–Crippen LogP) is 3.36. The van der Waals surface area contributed by atoms with Crippen molar-refractivity contribution in [2.24, 2.45) is 11.3 Å². The van der Waals surface area contributed by atoms with E-state index in [1.807, 2.05) is 49.7 Å². The fraction of sp³-hybridized carbons (Fsp3) is 0.412. The summed E-state index contributed by atoms with van der Waals surface area (Å²) in [6.07, 6.45) is 6.21. The van der Waals surface area contributed by atoms with Gasteiger partial charge in [-0.2, -0.15) is 0 Å². The van der Waals surface area contributed by atoms with Crippen LogP contribution in [0.25, 0.3) is 0 Å². The van der Waals surface area contributed by atoms with Crippen LogP contribution in [0.3, 0.4) is 0 Å². The first-order valence-electron chi connectivity index (χ1n) is 7.01. The Hall–Kier alpha value is -1.90. The number of carbonyl (C=O) groups excluding carboxylic acids is 1. The van der Waals surface area contributed by atoms with Crippen molar-refractivity contribution in [3.8, 4) is 0 Å². The number of Topliss-reactive ketones (excluding diaryl/α,β-unsaturated/α-hetero) is 1. The molecule has 0 aliphatic carbocycles. The highest BCUT2D eigenvalue weighted by Crippen LogP contribution is 2.24. The largest absolute Gasteiger partial charge is 0.337 e. The molecule has 1 atom stereocenters. The summed E-state index contributed by atoms with van der Waals surface area (Å²) in [5, 5.41) is 0. The van der Waals surface area contributed by atoms with Crippen LogP contribution in [-0.4, -0.2) is 15.3 Å². The maximum Gasteiger partial charge on any atom is 0.143 e. The van der Waals surface area contributed by atoms with Crippen LogP contribution >= 0.6 is 0 Å². The van der Waals surface area contributed by atoms with Crippen LogP contribution in [0.5, 0.6) is 0 Å². The summed E-state index contributed by atoms with van der Waals surface area (Å²) in [7, 11) is 0. The van der Waals surface area contributed by atoms with Gasteiger partial charge in [0.05, 0.1) is 6.33 Å². The molecule has 0 aliphatic heterocycles. The van der Waals surface area contributed by atoms with E-state index in [-0.39, 0.29) is 11.3 Å². The third-order valence-electron chi connectivity index (χ3n) is 3.43. The van der Waals surface area contributed by atoms with Crippen molar-refractivity contribution < 1.29 is 4.79 Å². The summed E-state index contributed by atoms with van der Waals surface area (Å²) < 4.78 is 1.98. The van der Waals surface area contributed by atoms with Crippen LogP contribution in [-0.2, 0) is 17.8 Å². The van der Waals surface area contributed by atoms with Crippen molar-refractivity contribution >= 4 is 5.78 Å². The van der Waals surface area contributed by atoms with Gasteiger partial charge in [0.2, 0.25) is 0 Å². The van der Waals surface area contributed by atoms with E-state index in [9.17, 15) is 4.79 Å². The zero-order chi connectivity index (χ0) is 14.6. The molecule has 2 aromatic rings. The zero-order valence-electron chi connectivity index (χ0n) is 12.4. The third kappa shape index (κ3) is 3.80. The van der Waals surface area contributed by atoms with E-state index in [4.69, 9.17) is 0 Å². The molecule has 0 radical (unpaired) electrons. The molecule has 0 aliphatic rings. The Labute approximate surface area is 120 Å². The number of hydrogen-bond acceptors (Lipinski definition) is 2. The van der Waals surface area contributed by atoms with Gasteiger partial charge in [-0.15, -0.1) is 0 Å². The molecule has 1 unspecified atom stereocenters. The van der Waals surface area contributed by atoms with E-state index in [1.54, 1.807) is 12.5 Å². The summed E-state index contributed by atoms with van der Waals surface area (Å²) in [6, 6.07) is 10.2. The van der Waals surface area contributed by atoms with Crippen molar-refractivity contribution in [3.63, 3.8) is 0 Å². The lowest BCUT2D eigenvalue weighted by molar-refractivity contribution is -0.130. The molecule has 20 heavy (non-hydrogen) atoms. The average Bonchev–Trinajstić information content (AvgIpc) is 2.90. The Morgan fingerprint density at radius 2 is 1.95 bits per heavy atom. The van der Waals surface area contributed by atoms with Crippen molar-refractivity contribution in [2.75, 3.05) is 0 Å². The van der Waals surface area contributed by atoms with E-state index in [2.05, 4.69) is 17.1 Å². The van der Waals surface area contributed by atoms with E-state index >= 15 is 0 Å². The summed E-state index contributed by atoms with van der Waals surface area (Å²) in [5.41, 5.74) is 0.884. The molecule has 1 heterocycles. The van der Waals surface area contributed by atoms with Gasteiger partial charge in [-0.05, 0) is 12.0 Å². The second-order valence-electron chi connectivity index (χ2n) is 6.26. The molecule has 0 saturated heterocycles. The lowest BCUT2D eigenvalue weighted by Crippen LogP contribution is -2.32. The quantitative estimate of drug-likeness (QED) is 0.835. The number of imidazole rings is 1. The standard InChI is InChI=1S/C17H22N2O/c1-17(2,3)16(20)15(12-19-10-9-18-13-19)11-14-7-5-4-6-8-14/h4-10,13,15H,11-12H2,1-3H3. The molecule has 106 valence electrons. The highest BCUT2D eigenvalue weighted by Gasteiger charge is 2.29. The van der Waals surface area contributed by atoms with Crippen LogP contribution in [0.15, 0.2) is 49.1 Å². The number of aromatic nitrogens is 2. The van der Waals surface area contributed by atoms with E-state index in [1.165, 1.54) is 5.56 Å². The molecular formula is C17H22N2O. The van der Waals surface area contributed by atoms with Gasteiger partial charge in [0, 0.05) is 30.3 Å². The number of nitrogens with zero attached hydrogens (tertiary/aromatic N) is 2. The van der Waals surface area contributed by atoms with E-state index in [0.29, 0.717) is 12.3 Å². The molecule has 0 fully saturated rings. The van der Waals surface area contributed by atoms with Crippen LogP contribution in [0.4, 0.5) is 0 Å². The first-order valence-corrected chi connectivity index (χ1v) is 7.01. The summed E-state index contributed by atoms with van der Waals surface area (Å²) >= 11 is 0. The van der Waals surface area contributed by atoms with Crippen LogP contribution in [0, 0.1) is 11.3 Å². The van der Waals surface area contributed by atoms with Crippen molar-refractivity contribution in [3.05, 3.63) is 54.6 Å². The fourth-order valence-electron chi connectivity index (χ4n) is 2.40. The zero-order valence-corrected chi connectivity index (χ0v) is 12.4. The topological polar surface area (TPSA) is 34.9 Å². The van der Waals surface area contributed by atoms with Gasteiger partial charge in [-0.25, -0.2) is 4.98 Å². The Balaban J connectivity index is 2.18. The summed E-state index contributed by atoms with van der Waals surface area (Å²) in [4.78, 5) is 16.7. The Kier molecular flexibility index (Phi) is 4.38. The van der Waals surface area contributed by atoms with Crippen LogP contribution in [0.2, 0.25) is 0 Å². The molecule has 0 N–H and O–H groups in total. The molecule has 2 rings (SSSR count). The summed E-state index contributed by atoms with van der Waals surface area (Å²) in [5.74, 6) is 0.279. The predicted molar refractivity (Wildman–Crippen MR) is 80.3 cm³/mol. The maximum absolute atomic E-state index is 12.7. The molecule has 3 nitrogen and oxygen atoms in total. The summed E-state index contributed by atoms with van der Waals surface area (Å²) in [6.45, 7) is 6.65. The molecule has 0 bridgehead atoms. The minimum absolute atomic E-state index is 0.0217. The molecular weight excluding hydrogens is 248 g/mol. The number of hydrogen-bond donors (Lipinski definition) is 0. The molecule has 0 amide bonds. The van der Waals surface area contributed by atoms with Crippen LogP contribution in [0.1, 0.15) is 26.3 Å². The average molecular weight is 270 g/mol. The number of carbonyl (C=O) groups is 1. The Morgan fingerprint density at radius 1 is 1.25 bits per heavy atom. The SMILES string of the molecule is CC(C)(C)C(=O)C(Cc1ccccc1)Cn1ccnc1. The lowest BCUT2D eigenvalue weighted by Gasteiger charge is -2.25. The van der Waals surface area contributed by atoms with Gasteiger partial charge >= 0.3 is 0 Å². The second-order valence-corrected chi connectivity index (χ2v) is 6.26. The van der Waals surface area contributed by atoms with Gasteiger partial charge in [0.15, 0.2) is 0 Å². The third-order valence-corrected chi connectivity index (χ3v) is 3.43. The van der Waals surface area contributed by atoms with E-state index in [0.717, 1.165) is 6.42 Å². The molecule has 1 aromatic carbocycles. The number of ketones is 1. The van der Waals surface area contributed by atoms with Crippen molar-refractivity contribution in [1.29, 1.82) is 0 Å². The molecule has 3 heteroatoms. The number of rotatable bonds is 5. The normalized spacial score (nSPS) is 13.2. The van der Waals surface area contributed by atoms with Crippen LogP contribution < -0.4 is 0 Å². The second kappa shape index (κ2) is 6.04. The maximum atomic E-state index is 12.7. The van der Waals surface area contributed by atoms with Gasteiger partial charge in [-0.3, -0.25) is 4.79 Å². The van der Waals surface area contributed by atoms with Gasteiger partial charge in [0.25, 0.3) is 0 Å². The first-order chi connectivity index (χ1) is 9.47. The minimum atomic E-state index is -0.319. The lowest BCUT2D eigenvalue weighted by atomic mass is 9.80. The fourth-order valence-corrected chi connectivity index (χ4v) is 2.40. The highest BCUT2D eigenvalue weighted by molar-refractivity contribution is 5.86. The van der Waals surface area contributed by atoms with Crippen molar-refractivity contribution in [2.45, 2.75) is 33.7 Å². The molecule has 0 saturated carbocycles. The first kappa shape index (κ1) is 14.5. The Bertz CT molecular complexity index is 538. The van der Waals surface area contributed by atoms with Gasteiger partial charge < -0.3 is 4.57 Å². The van der Waals surface area contributed by atoms with E-state index < -0.39 is 0 Å². The van der Waals surface area contributed by atoms with Gasteiger partial charge in [-0.1, -0.05) is 51.1 Å². The Morgan fingerprint density at radius 3 is 2.50 bits per heavy atom. The monoisotopic (exact) mass is 270 g/mol. The number of benzene rings is 1. The van der Waals surface area contributed by atoms with Gasteiger partial charge in [0.1, 0.15) is 5.78 Å².